The molecule has 0 aliphatic carbocycles. The van der Waals surface area contributed by atoms with Crippen molar-refractivity contribution in [1.82, 2.24) is 9.88 Å². The van der Waals surface area contributed by atoms with Crippen LogP contribution in [0.4, 0.5) is 0 Å². The van der Waals surface area contributed by atoms with E-state index in [4.69, 9.17) is 0 Å². The van der Waals surface area contributed by atoms with E-state index < -0.39 is 11.5 Å². The summed E-state index contributed by atoms with van der Waals surface area (Å²) in [7, 11) is 0. The van der Waals surface area contributed by atoms with Crippen LogP contribution in [0.1, 0.15) is 94.8 Å². The Bertz CT molecular complexity index is 857. The Balaban J connectivity index is 1.85. The second-order valence-corrected chi connectivity index (χ2v) is 8.14. The second-order valence-electron chi connectivity index (χ2n) is 8.14. The van der Waals surface area contributed by atoms with E-state index >= 15 is 0 Å². The highest BCUT2D eigenvalue weighted by Gasteiger charge is 2.21. The summed E-state index contributed by atoms with van der Waals surface area (Å²) in [6, 6.07) is 7.18. The molecule has 1 aromatic carbocycles. The highest BCUT2D eigenvalue weighted by molar-refractivity contribution is 6.02. The van der Waals surface area contributed by atoms with Gasteiger partial charge in [0.15, 0.2) is 0 Å². The van der Waals surface area contributed by atoms with Crippen LogP contribution in [-0.4, -0.2) is 22.1 Å². The van der Waals surface area contributed by atoms with E-state index in [1.54, 1.807) is 22.8 Å². The van der Waals surface area contributed by atoms with Crippen molar-refractivity contribution in [2.24, 2.45) is 0 Å². The molecule has 0 atom stereocenters. The first-order valence-corrected chi connectivity index (χ1v) is 11.7. The third kappa shape index (κ3) is 6.61. The van der Waals surface area contributed by atoms with Crippen LogP contribution in [0.2, 0.25) is 0 Å². The average Bonchev–Trinajstić information content (AvgIpc) is 2.75. The van der Waals surface area contributed by atoms with Gasteiger partial charge in [-0.1, -0.05) is 83.8 Å². The van der Waals surface area contributed by atoms with Gasteiger partial charge in [0.25, 0.3) is 11.5 Å². The number of fused-ring (bicyclic) bond motifs is 1. The van der Waals surface area contributed by atoms with Gasteiger partial charge in [-0.15, -0.1) is 0 Å². The maximum absolute atomic E-state index is 12.9. The Labute approximate surface area is 180 Å². The molecular formula is C25H38N2O3. The molecule has 2 N–H and O–H groups in total. The molecule has 0 unspecified atom stereocenters. The number of para-hydroxylation sites is 1. The number of hydrogen-bond acceptors (Lipinski definition) is 3. The Kier molecular flexibility index (Phi) is 10.5. The number of benzene rings is 1. The SMILES string of the molecule is CCCCCCCCCCCCNC(=O)c1c(O)c2ccccc2n(CCC)c1=O. The number of unbranched alkanes of at least 4 members (excludes halogenated alkanes) is 9. The third-order valence-corrected chi connectivity index (χ3v) is 5.64. The molecule has 2 rings (SSSR count). The molecule has 0 saturated carbocycles. The average molecular weight is 415 g/mol. The molecule has 1 heterocycles. The normalized spacial score (nSPS) is 11.1. The first-order chi connectivity index (χ1) is 14.6. The number of aryl methyl sites for hydroxylation is 1. The lowest BCUT2D eigenvalue weighted by Gasteiger charge is -2.14. The van der Waals surface area contributed by atoms with Gasteiger partial charge in [-0.25, -0.2) is 0 Å². The van der Waals surface area contributed by atoms with Gasteiger partial charge in [0.1, 0.15) is 11.3 Å². The van der Waals surface area contributed by atoms with Crippen LogP contribution in [0.5, 0.6) is 5.75 Å². The third-order valence-electron chi connectivity index (χ3n) is 5.64. The molecule has 0 saturated heterocycles. The second kappa shape index (κ2) is 13.1. The van der Waals surface area contributed by atoms with E-state index in [1.165, 1.54) is 51.4 Å². The van der Waals surface area contributed by atoms with E-state index in [1.807, 2.05) is 13.0 Å². The molecular weight excluding hydrogens is 376 g/mol. The van der Waals surface area contributed by atoms with Crippen molar-refractivity contribution < 1.29 is 9.90 Å². The molecule has 0 fully saturated rings. The zero-order chi connectivity index (χ0) is 21.8. The number of nitrogens with one attached hydrogen (secondary N) is 1. The summed E-state index contributed by atoms with van der Waals surface area (Å²) in [5.41, 5.74) is 0.0935. The molecule has 0 spiro atoms. The van der Waals surface area contributed by atoms with Crippen molar-refractivity contribution in [2.75, 3.05) is 6.54 Å². The highest BCUT2D eigenvalue weighted by Crippen LogP contribution is 2.26. The van der Waals surface area contributed by atoms with Gasteiger partial charge < -0.3 is 15.0 Å². The van der Waals surface area contributed by atoms with Crippen molar-refractivity contribution in [1.29, 1.82) is 0 Å². The van der Waals surface area contributed by atoms with Gasteiger partial charge in [-0.05, 0) is 25.0 Å². The molecule has 30 heavy (non-hydrogen) atoms. The molecule has 0 aliphatic rings. The number of carbonyl (C=O) groups is 1. The molecule has 2 aromatic rings. The summed E-state index contributed by atoms with van der Waals surface area (Å²) in [5.74, 6) is -0.701. The summed E-state index contributed by atoms with van der Waals surface area (Å²) in [4.78, 5) is 25.5. The van der Waals surface area contributed by atoms with Gasteiger partial charge in [0.2, 0.25) is 0 Å². The maximum Gasteiger partial charge on any atom is 0.267 e. The van der Waals surface area contributed by atoms with E-state index in [2.05, 4.69) is 12.2 Å². The van der Waals surface area contributed by atoms with Gasteiger partial charge >= 0.3 is 0 Å². The Morgan fingerprint density at radius 2 is 1.50 bits per heavy atom. The minimum atomic E-state index is -0.482. The number of pyridine rings is 1. The first-order valence-electron chi connectivity index (χ1n) is 11.7. The number of hydrogen-bond donors (Lipinski definition) is 2. The van der Waals surface area contributed by atoms with Crippen molar-refractivity contribution in [3.05, 3.63) is 40.2 Å². The summed E-state index contributed by atoms with van der Waals surface area (Å²) in [6.45, 7) is 5.26. The Morgan fingerprint density at radius 1 is 0.900 bits per heavy atom. The minimum absolute atomic E-state index is 0.144. The van der Waals surface area contributed by atoms with Gasteiger partial charge in [0.05, 0.1) is 5.52 Å². The topological polar surface area (TPSA) is 71.3 Å². The van der Waals surface area contributed by atoms with Crippen LogP contribution >= 0.6 is 0 Å². The summed E-state index contributed by atoms with van der Waals surface area (Å²) >= 11 is 0. The van der Waals surface area contributed by atoms with E-state index in [0.717, 1.165) is 19.3 Å². The predicted molar refractivity (Wildman–Crippen MR) is 124 cm³/mol. The number of aromatic nitrogens is 1. The number of nitrogens with zero attached hydrogens (tertiary/aromatic N) is 1. The monoisotopic (exact) mass is 414 g/mol. The van der Waals surface area contributed by atoms with Gasteiger partial charge in [-0.3, -0.25) is 9.59 Å². The number of carbonyl (C=O) groups excluding carboxylic acids is 1. The van der Waals surface area contributed by atoms with Crippen molar-refractivity contribution in [3.8, 4) is 5.75 Å². The van der Waals surface area contributed by atoms with Crippen LogP contribution in [0.15, 0.2) is 29.1 Å². The van der Waals surface area contributed by atoms with Crippen LogP contribution in [-0.2, 0) is 6.54 Å². The van der Waals surface area contributed by atoms with Crippen LogP contribution in [0.25, 0.3) is 10.9 Å². The largest absolute Gasteiger partial charge is 0.506 e. The van der Waals surface area contributed by atoms with Crippen LogP contribution in [0.3, 0.4) is 0 Å². The van der Waals surface area contributed by atoms with E-state index in [-0.39, 0.29) is 11.3 Å². The first kappa shape index (κ1) is 24.0. The molecule has 166 valence electrons. The number of rotatable bonds is 14. The zero-order valence-corrected chi connectivity index (χ0v) is 18.7. The van der Waals surface area contributed by atoms with Crippen molar-refractivity contribution in [2.45, 2.75) is 91.0 Å². The van der Waals surface area contributed by atoms with Gasteiger partial charge in [-0.2, -0.15) is 0 Å². The molecule has 5 nitrogen and oxygen atoms in total. The van der Waals surface area contributed by atoms with Crippen LogP contribution < -0.4 is 10.9 Å². The van der Waals surface area contributed by atoms with E-state index in [9.17, 15) is 14.7 Å². The number of amides is 1. The maximum atomic E-state index is 12.9. The molecule has 5 heteroatoms. The molecule has 0 radical (unpaired) electrons. The fourth-order valence-corrected chi connectivity index (χ4v) is 3.94. The van der Waals surface area contributed by atoms with Gasteiger partial charge in [0, 0.05) is 18.5 Å². The quantitative estimate of drug-likeness (QED) is 0.386. The Morgan fingerprint density at radius 3 is 2.13 bits per heavy atom. The minimum Gasteiger partial charge on any atom is -0.506 e. The summed E-state index contributed by atoms with van der Waals surface area (Å²) in [6.07, 6.45) is 13.1. The molecule has 1 amide bonds. The summed E-state index contributed by atoms with van der Waals surface area (Å²) in [5, 5.41) is 14.0. The van der Waals surface area contributed by atoms with Crippen molar-refractivity contribution in [3.63, 3.8) is 0 Å². The smallest absolute Gasteiger partial charge is 0.267 e. The molecule has 0 aliphatic heterocycles. The molecule has 1 aromatic heterocycles. The zero-order valence-electron chi connectivity index (χ0n) is 18.7. The lowest BCUT2D eigenvalue weighted by Crippen LogP contribution is -2.34. The Hall–Kier alpha value is -2.30. The van der Waals surface area contributed by atoms with Crippen molar-refractivity contribution >= 4 is 16.8 Å². The predicted octanol–water partition coefficient (Wildman–Crippen LogP) is 5.77. The standard InChI is InChI=1S/C25H38N2O3/c1-3-5-6-7-8-9-10-11-12-15-18-26-24(29)22-23(28)20-16-13-14-17-21(20)27(19-4-2)25(22)30/h13-14,16-17,28H,3-12,15,18-19H2,1-2H3,(H,26,29). The summed E-state index contributed by atoms with van der Waals surface area (Å²) < 4.78 is 1.59. The highest BCUT2D eigenvalue weighted by atomic mass is 16.3. The van der Waals surface area contributed by atoms with Crippen LogP contribution in [0, 0.1) is 0 Å². The molecule has 0 bridgehead atoms. The number of aromatic hydroxyl groups is 1. The van der Waals surface area contributed by atoms with E-state index in [0.29, 0.717) is 24.0 Å². The lowest BCUT2D eigenvalue weighted by molar-refractivity contribution is 0.0948. The lowest BCUT2D eigenvalue weighted by atomic mass is 10.1. The fraction of sp³-hybridized carbons (Fsp3) is 0.600. The fourth-order valence-electron chi connectivity index (χ4n) is 3.94.